The minimum absolute atomic E-state index is 0.803. The maximum absolute atomic E-state index is 5.20. The van der Waals surface area contributed by atoms with Crippen molar-refractivity contribution in [3.63, 3.8) is 0 Å². The van der Waals surface area contributed by atoms with Gasteiger partial charge in [0.25, 0.3) is 0 Å². The Labute approximate surface area is 133 Å². The first kappa shape index (κ1) is 13.5. The van der Waals surface area contributed by atoms with Gasteiger partial charge in [-0.3, -0.25) is 4.98 Å². The van der Waals surface area contributed by atoms with Crippen LogP contribution in [0.1, 0.15) is 0 Å². The van der Waals surface area contributed by atoms with Crippen molar-refractivity contribution >= 4 is 5.65 Å². The Bertz CT molecular complexity index is 946. The molecule has 0 bridgehead atoms. The van der Waals surface area contributed by atoms with E-state index in [4.69, 9.17) is 9.84 Å². The van der Waals surface area contributed by atoms with Crippen LogP contribution in [-0.2, 0) is 0 Å². The molecule has 4 rings (SSSR count). The largest absolute Gasteiger partial charge is 0.497 e. The Morgan fingerprint density at radius 3 is 2.57 bits per heavy atom. The average molecular weight is 302 g/mol. The van der Waals surface area contributed by atoms with Crippen molar-refractivity contribution in [3.05, 3.63) is 67.1 Å². The number of pyridine rings is 1. The van der Waals surface area contributed by atoms with Gasteiger partial charge in [-0.2, -0.15) is 5.10 Å². The number of nitrogens with zero attached hydrogens (tertiary/aromatic N) is 4. The molecule has 0 saturated carbocycles. The van der Waals surface area contributed by atoms with Gasteiger partial charge < -0.3 is 4.74 Å². The molecule has 23 heavy (non-hydrogen) atoms. The lowest BCUT2D eigenvalue weighted by molar-refractivity contribution is 0.415. The lowest BCUT2D eigenvalue weighted by atomic mass is 10.1. The predicted molar refractivity (Wildman–Crippen MR) is 88.2 cm³/mol. The van der Waals surface area contributed by atoms with Crippen LogP contribution in [0.25, 0.3) is 28.2 Å². The Morgan fingerprint density at radius 2 is 1.83 bits per heavy atom. The maximum Gasteiger partial charge on any atom is 0.156 e. The van der Waals surface area contributed by atoms with Gasteiger partial charge in [-0.25, -0.2) is 9.50 Å². The van der Waals surface area contributed by atoms with E-state index in [2.05, 4.69) is 9.97 Å². The Kier molecular flexibility index (Phi) is 3.24. The average Bonchev–Trinajstić information content (AvgIpc) is 3.06. The van der Waals surface area contributed by atoms with E-state index in [9.17, 15) is 0 Å². The van der Waals surface area contributed by atoms with Gasteiger partial charge in [-0.15, -0.1) is 0 Å². The molecule has 5 nitrogen and oxygen atoms in total. The number of benzene rings is 1. The van der Waals surface area contributed by atoms with Crippen LogP contribution < -0.4 is 4.74 Å². The van der Waals surface area contributed by atoms with Crippen LogP contribution in [0.2, 0.25) is 0 Å². The molecule has 0 N–H and O–H groups in total. The molecule has 0 unspecified atom stereocenters. The summed E-state index contributed by atoms with van der Waals surface area (Å²) in [5.41, 5.74) is 4.66. The topological polar surface area (TPSA) is 52.3 Å². The predicted octanol–water partition coefficient (Wildman–Crippen LogP) is 3.47. The molecule has 0 aliphatic heterocycles. The molecule has 4 aromatic rings. The van der Waals surface area contributed by atoms with Gasteiger partial charge in [0, 0.05) is 35.8 Å². The second kappa shape index (κ2) is 5.53. The molecule has 0 saturated heterocycles. The van der Waals surface area contributed by atoms with Crippen molar-refractivity contribution in [1.82, 2.24) is 19.6 Å². The SMILES string of the molecule is COc1ccc(-c2cc3nccc(-c4cccnc4)n3n2)cc1. The summed E-state index contributed by atoms with van der Waals surface area (Å²) in [5.74, 6) is 0.826. The Morgan fingerprint density at radius 1 is 0.957 bits per heavy atom. The van der Waals surface area contributed by atoms with Crippen LogP contribution in [0, 0.1) is 0 Å². The number of fused-ring (bicyclic) bond motifs is 1. The minimum atomic E-state index is 0.803. The van der Waals surface area contributed by atoms with E-state index in [0.717, 1.165) is 33.9 Å². The van der Waals surface area contributed by atoms with E-state index in [-0.39, 0.29) is 0 Å². The zero-order valence-electron chi connectivity index (χ0n) is 12.5. The van der Waals surface area contributed by atoms with Crippen molar-refractivity contribution < 1.29 is 4.74 Å². The third-order valence-electron chi connectivity index (χ3n) is 3.70. The second-order valence-electron chi connectivity index (χ2n) is 5.10. The number of rotatable bonds is 3. The van der Waals surface area contributed by atoms with E-state index >= 15 is 0 Å². The van der Waals surface area contributed by atoms with Gasteiger partial charge >= 0.3 is 0 Å². The molecule has 5 heteroatoms. The molecule has 0 aliphatic rings. The van der Waals surface area contributed by atoms with E-state index in [1.54, 1.807) is 19.5 Å². The zero-order valence-corrected chi connectivity index (χ0v) is 12.5. The summed E-state index contributed by atoms with van der Waals surface area (Å²) in [6.45, 7) is 0. The van der Waals surface area contributed by atoms with Crippen molar-refractivity contribution in [2.24, 2.45) is 0 Å². The first-order valence-corrected chi connectivity index (χ1v) is 7.25. The number of aromatic nitrogens is 4. The van der Waals surface area contributed by atoms with Crippen LogP contribution in [0.3, 0.4) is 0 Å². The van der Waals surface area contributed by atoms with Crippen LogP contribution >= 0.6 is 0 Å². The monoisotopic (exact) mass is 302 g/mol. The molecule has 3 heterocycles. The first-order valence-electron chi connectivity index (χ1n) is 7.25. The lowest BCUT2D eigenvalue weighted by Gasteiger charge is -2.03. The first-order chi connectivity index (χ1) is 11.3. The van der Waals surface area contributed by atoms with Crippen molar-refractivity contribution in [2.45, 2.75) is 0 Å². The maximum atomic E-state index is 5.20. The molecule has 3 aromatic heterocycles. The van der Waals surface area contributed by atoms with Crippen molar-refractivity contribution in [2.75, 3.05) is 7.11 Å². The lowest BCUT2D eigenvalue weighted by Crippen LogP contribution is -1.95. The van der Waals surface area contributed by atoms with Gasteiger partial charge in [0.15, 0.2) is 5.65 Å². The fourth-order valence-electron chi connectivity index (χ4n) is 2.53. The van der Waals surface area contributed by atoms with E-state index < -0.39 is 0 Å². The summed E-state index contributed by atoms with van der Waals surface area (Å²) < 4.78 is 7.04. The molecule has 0 amide bonds. The minimum Gasteiger partial charge on any atom is -0.497 e. The molecule has 0 atom stereocenters. The highest BCUT2D eigenvalue weighted by Gasteiger charge is 2.10. The normalized spacial score (nSPS) is 10.8. The van der Waals surface area contributed by atoms with Gasteiger partial charge in [0.05, 0.1) is 18.5 Å². The summed E-state index contributed by atoms with van der Waals surface area (Å²) in [4.78, 5) is 8.58. The quantitative estimate of drug-likeness (QED) is 0.581. The van der Waals surface area contributed by atoms with Gasteiger partial charge in [-0.05, 0) is 42.5 Å². The Hall–Kier alpha value is -3.21. The van der Waals surface area contributed by atoms with Crippen molar-refractivity contribution in [3.8, 4) is 28.3 Å². The van der Waals surface area contributed by atoms with E-state index in [0.29, 0.717) is 0 Å². The van der Waals surface area contributed by atoms with Crippen LogP contribution in [-0.4, -0.2) is 26.7 Å². The number of ether oxygens (including phenoxy) is 1. The molecule has 112 valence electrons. The highest BCUT2D eigenvalue weighted by atomic mass is 16.5. The standard InChI is InChI=1S/C18H14N4O/c1-23-15-6-4-13(5-7-15)16-11-18-20-10-8-17(22(18)21-16)14-3-2-9-19-12-14/h2-12H,1H3. The molecular formula is C18H14N4O. The van der Waals surface area contributed by atoms with Crippen LogP contribution in [0.15, 0.2) is 67.1 Å². The van der Waals surface area contributed by atoms with Crippen LogP contribution in [0.4, 0.5) is 0 Å². The second-order valence-corrected chi connectivity index (χ2v) is 5.10. The van der Waals surface area contributed by atoms with Gasteiger partial charge in [0.2, 0.25) is 0 Å². The van der Waals surface area contributed by atoms with E-state index in [1.165, 1.54) is 0 Å². The van der Waals surface area contributed by atoms with Gasteiger partial charge in [-0.1, -0.05) is 0 Å². The van der Waals surface area contributed by atoms with Gasteiger partial charge in [0.1, 0.15) is 5.75 Å². The third-order valence-corrected chi connectivity index (χ3v) is 3.70. The molecular weight excluding hydrogens is 288 g/mol. The fraction of sp³-hybridized carbons (Fsp3) is 0.0556. The van der Waals surface area contributed by atoms with Crippen LogP contribution in [0.5, 0.6) is 5.75 Å². The summed E-state index contributed by atoms with van der Waals surface area (Å²) in [6.07, 6.45) is 5.37. The molecule has 0 spiro atoms. The summed E-state index contributed by atoms with van der Waals surface area (Å²) in [5, 5.41) is 4.70. The summed E-state index contributed by atoms with van der Waals surface area (Å²) in [6, 6.07) is 15.7. The fourth-order valence-corrected chi connectivity index (χ4v) is 2.53. The number of methoxy groups -OCH3 is 1. The summed E-state index contributed by atoms with van der Waals surface area (Å²) in [7, 11) is 1.66. The van der Waals surface area contributed by atoms with Crippen molar-refractivity contribution in [1.29, 1.82) is 0 Å². The van der Waals surface area contributed by atoms with E-state index in [1.807, 2.05) is 59.2 Å². The molecule has 0 radical (unpaired) electrons. The highest BCUT2D eigenvalue weighted by Crippen LogP contribution is 2.25. The Balaban J connectivity index is 1.84. The third kappa shape index (κ3) is 2.42. The molecule has 0 aliphatic carbocycles. The number of hydrogen-bond donors (Lipinski definition) is 0. The number of hydrogen-bond acceptors (Lipinski definition) is 4. The summed E-state index contributed by atoms with van der Waals surface area (Å²) >= 11 is 0. The zero-order chi connectivity index (χ0) is 15.6. The highest BCUT2D eigenvalue weighted by molar-refractivity contribution is 5.68. The molecule has 0 fully saturated rings. The smallest absolute Gasteiger partial charge is 0.156 e. The molecule has 1 aromatic carbocycles.